The largest absolute Gasteiger partial charge is 0.475 e. The molecule has 3 aromatic carbocycles. The zero-order valence-electron chi connectivity index (χ0n) is 21.4. The first-order chi connectivity index (χ1) is 19.0. The molecule has 0 fully saturated rings. The number of hydrogen-bond acceptors (Lipinski definition) is 5. The molecular weight excluding hydrogens is 543 g/mol. The van der Waals surface area contributed by atoms with Gasteiger partial charge in [0.1, 0.15) is 11.3 Å². The van der Waals surface area contributed by atoms with Crippen LogP contribution >= 0.6 is 11.6 Å². The lowest BCUT2D eigenvalue weighted by Gasteiger charge is -2.18. The molecule has 11 heteroatoms. The first-order valence-electron chi connectivity index (χ1n) is 12.3. The minimum atomic E-state index is -4.46. The number of nitrogens with one attached hydrogen (secondary N) is 1. The standard InChI is InChI=1S/C29H23ClF3N5O2/c1-16-5-3-7-20(13-16)27-37-25-23(38(27)15-18-9-11-21(12-10-18)29(31,32)33)24(35-26(36-25)28(39)40)34-17(2)19-6-4-8-22(30)14-19/h3-14,17H,15H2,1-2H3,(H,39,40)(H,34,35,36). The predicted octanol–water partition coefficient (Wildman–Crippen LogP) is 7.39. The highest BCUT2D eigenvalue weighted by Crippen LogP contribution is 2.33. The molecule has 0 radical (unpaired) electrons. The predicted molar refractivity (Wildman–Crippen MR) is 146 cm³/mol. The van der Waals surface area contributed by atoms with Gasteiger partial charge in [0.25, 0.3) is 0 Å². The Balaban J connectivity index is 1.70. The third kappa shape index (κ3) is 5.62. The van der Waals surface area contributed by atoms with Gasteiger partial charge in [-0.05, 0) is 55.3 Å². The van der Waals surface area contributed by atoms with E-state index in [4.69, 9.17) is 11.6 Å². The zero-order valence-corrected chi connectivity index (χ0v) is 22.1. The summed E-state index contributed by atoms with van der Waals surface area (Å²) < 4.78 is 41.3. The number of benzene rings is 3. The number of anilines is 1. The molecule has 0 bridgehead atoms. The zero-order chi connectivity index (χ0) is 28.6. The Bertz CT molecular complexity index is 1720. The summed E-state index contributed by atoms with van der Waals surface area (Å²) in [4.78, 5) is 25.1. The maximum absolute atomic E-state index is 13.2. The Labute approximate surface area is 232 Å². The van der Waals surface area contributed by atoms with Crippen molar-refractivity contribution in [1.82, 2.24) is 19.5 Å². The average molecular weight is 566 g/mol. The number of aromatic nitrogens is 4. The summed E-state index contributed by atoms with van der Waals surface area (Å²) in [6.45, 7) is 3.93. The van der Waals surface area contributed by atoms with Gasteiger partial charge in [-0.15, -0.1) is 0 Å². The van der Waals surface area contributed by atoms with Crippen molar-refractivity contribution < 1.29 is 23.1 Å². The van der Waals surface area contributed by atoms with Crippen molar-refractivity contribution in [3.8, 4) is 11.4 Å². The van der Waals surface area contributed by atoms with E-state index in [1.54, 1.807) is 22.8 Å². The molecule has 0 amide bonds. The number of halogens is 4. The number of fused-ring (bicyclic) bond motifs is 1. The van der Waals surface area contributed by atoms with Crippen molar-refractivity contribution in [3.05, 3.63) is 106 Å². The van der Waals surface area contributed by atoms with Crippen molar-refractivity contribution in [2.75, 3.05) is 5.32 Å². The van der Waals surface area contributed by atoms with Gasteiger partial charge in [-0.2, -0.15) is 13.2 Å². The number of imidazole rings is 1. The number of carbonyl (C=O) groups is 1. The lowest BCUT2D eigenvalue weighted by Crippen LogP contribution is -2.14. The summed E-state index contributed by atoms with van der Waals surface area (Å²) in [5.74, 6) is -1.08. The summed E-state index contributed by atoms with van der Waals surface area (Å²) in [6, 6.07) is 19.3. The lowest BCUT2D eigenvalue weighted by atomic mass is 10.1. The van der Waals surface area contributed by atoms with Crippen LogP contribution in [0.2, 0.25) is 5.02 Å². The van der Waals surface area contributed by atoms with E-state index < -0.39 is 23.5 Å². The number of rotatable bonds is 7. The van der Waals surface area contributed by atoms with E-state index in [1.807, 2.05) is 44.2 Å². The van der Waals surface area contributed by atoms with Crippen LogP contribution < -0.4 is 5.32 Å². The third-order valence-electron chi connectivity index (χ3n) is 6.39. The lowest BCUT2D eigenvalue weighted by molar-refractivity contribution is -0.137. The number of nitrogens with zero attached hydrogens (tertiary/aromatic N) is 4. The molecule has 0 saturated heterocycles. The van der Waals surface area contributed by atoms with E-state index in [1.165, 1.54) is 12.1 Å². The Morgan fingerprint density at radius 2 is 1.75 bits per heavy atom. The fraction of sp³-hybridized carbons (Fsp3) is 0.172. The molecule has 2 heterocycles. The second-order valence-corrected chi connectivity index (χ2v) is 9.82. The molecule has 40 heavy (non-hydrogen) atoms. The van der Waals surface area contributed by atoms with Crippen molar-refractivity contribution in [1.29, 1.82) is 0 Å². The van der Waals surface area contributed by atoms with Gasteiger partial charge in [-0.3, -0.25) is 0 Å². The molecule has 0 saturated carbocycles. The van der Waals surface area contributed by atoms with E-state index >= 15 is 0 Å². The normalized spacial score (nSPS) is 12.4. The second-order valence-electron chi connectivity index (χ2n) is 9.38. The molecule has 0 aliphatic carbocycles. The Hall–Kier alpha value is -4.44. The van der Waals surface area contributed by atoms with Crippen LogP contribution in [0, 0.1) is 6.92 Å². The first kappa shape index (κ1) is 27.1. The van der Waals surface area contributed by atoms with Crippen molar-refractivity contribution in [3.63, 3.8) is 0 Å². The average Bonchev–Trinajstić information content (AvgIpc) is 3.27. The number of alkyl halides is 3. The Morgan fingerprint density at radius 1 is 1.02 bits per heavy atom. The highest BCUT2D eigenvalue weighted by atomic mass is 35.5. The number of carboxylic acid groups (broad SMARTS) is 1. The van der Waals surface area contributed by atoms with Crippen LogP contribution in [-0.2, 0) is 12.7 Å². The smallest absolute Gasteiger partial charge is 0.416 e. The fourth-order valence-electron chi connectivity index (χ4n) is 4.44. The van der Waals surface area contributed by atoms with Gasteiger partial charge in [0.05, 0.1) is 11.6 Å². The minimum absolute atomic E-state index is 0.133. The van der Waals surface area contributed by atoms with E-state index in [-0.39, 0.29) is 24.1 Å². The maximum atomic E-state index is 13.2. The molecule has 0 aliphatic heterocycles. The molecule has 1 unspecified atom stereocenters. The molecule has 0 spiro atoms. The third-order valence-corrected chi connectivity index (χ3v) is 6.63. The van der Waals surface area contributed by atoms with Crippen LogP contribution in [0.1, 0.15) is 45.8 Å². The van der Waals surface area contributed by atoms with Gasteiger partial charge in [0, 0.05) is 17.1 Å². The van der Waals surface area contributed by atoms with Gasteiger partial charge in [0.2, 0.25) is 5.82 Å². The summed E-state index contributed by atoms with van der Waals surface area (Å²) >= 11 is 6.18. The first-order valence-corrected chi connectivity index (χ1v) is 12.6. The maximum Gasteiger partial charge on any atom is 0.416 e. The Morgan fingerprint density at radius 3 is 2.40 bits per heavy atom. The molecule has 0 aliphatic rings. The number of carboxylic acids is 1. The highest BCUT2D eigenvalue weighted by molar-refractivity contribution is 6.30. The number of hydrogen-bond donors (Lipinski definition) is 2. The molecule has 1 atom stereocenters. The van der Waals surface area contributed by atoms with Gasteiger partial charge in [-0.25, -0.2) is 19.7 Å². The van der Waals surface area contributed by atoms with Gasteiger partial charge in [0.15, 0.2) is 11.5 Å². The van der Waals surface area contributed by atoms with E-state index in [2.05, 4.69) is 20.3 Å². The Kier molecular flexibility index (Phi) is 7.20. The van der Waals surface area contributed by atoms with E-state index in [9.17, 15) is 23.1 Å². The molecular formula is C29H23ClF3N5O2. The summed E-state index contributed by atoms with van der Waals surface area (Å²) in [6.07, 6.45) is -4.46. The van der Waals surface area contributed by atoms with E-state index in [0.717, 1.165) is 28.8 Å². The van der Waals surface area contributed by atoms with Crippen LogP contribution in [-0.4, -0.2) is 30.6 Å². The van der Waals surface area contributed by atoms with Crippen LogP contribution in [0.5, 0.6) is 0 Å². The summed E-state index contributed by atoms with van der Waals surface area (Å²) in [7, 11) is 0. The van der Waals surface area contributed by atoms with Crippen LogP contribution in [0.3, 0.4) is 0 Å². The highest BCUT2D eigenvalue weighted by Gasteiger charge is 2.30. The van der Waals surface area contributed by atoms with Crippen molar-refractivity contribution in [2.24, 2.45) is 0 Å². The molecule has 5 aromatic rings. The molecule has 2 aromatic heterocycles. The van der Waals surface area contributed by atoms with Gasteiger partial charge in [-0.1, -0.05) is 59.6 Å². The topological polar surface area (TPSA) is 92.9 Å². The minimum Gasteiger partial charge on any atom is -0.475 e. The summed E-state index contributed by atoms with van der Waals surface area (Å²) in [5, 5.41) is 13.5. The molecule has 7 nitrogen and oxygen atoms in total. The fourth-order valence-corrected chi connectivity index (χ4v) is 4.64. The van der Waals surface area contributed by atoms with Crippen LogP contribution in [0.15, 0.2) is 72.8 Å². The summed E-state index contributed by atoms with van der Waals surface area (Å²) in [5.41, 5.74) is 2.91. The quantitative estimate of drug-likeness (QED) is 0.214. The molecule has 5 rings (SSSR count). The van der Waals surface area contributed by atoms with Crippen molar-refractivity contribution >= 4 is 34.6 Å². The van der Waals surface area contributed by atoms with Crippen LogP contribution in [0.25, 0.3) is 22.6 Å². The monoisotopic (exact) mass is 565 g/mol. The molecule has 2 N–H and O–H groups in total. The van der Waals surface area contributed by atoms with Crippen molar-refractivity contribution in [2.45, 2.75) is 32.6 Å². The van der Waals surface area contributed by atoms with Crippen LogP contribution in [0.4, 0.5) is 19.0 Å². The number of aryl methyl sites for hydroxylation is 1. The SMILES string of the molecule is Cc1cccc(-c2nc3nc(C(=O)O)nc(NC(C)c4cccc(Cl)c4)c3n2Cc2ccc(C(F)(F)F)cc2)c1. The van der Waals surface area contributed by atoms with E-state index in [0.29, 0.717) is 21.9 Å². The second kappa shape index (κ2) is 10.6. The van der Waals surface area contributed by atoms with Gasteiger partial charge >= 0.3 is 12.1 Å². The number of aromatic carboxylic acids is 1. The molecule has 204 valence electrons. The van der Waals surface area contributed by atoms with Gasteiger partial charge < -0.3 is 15.0 Å².